The van der Waals surface area contributed by atoms with Crippen molar-refractivity contribution in [3.8, 4) is 5.75 Å². The van der Waals surface area contributed by atoms with Gasteiger partial charge in [-0.15, -0.1) is 0 Å². The fourth-order valence-corrected chi connectivity index (χ4v) is 1.66. The molecule has 0 bridgehead atoms. The molecule has 0 aliphatic rings. The number of furan rings is 1. The van der Waals surface area contributed by atoms with Crippen molar-refractivity contribution in [1.29, 1.82) is 0 Å². The Labute approximate surface area is 105 Å². The predicted octanol–water partition coefficient (Wildman–Crippen LogP) is 1.00. The van der Waals surface area contributed by atoms with E-state index in [1.54, 1.807) is 19.6 Å². The summed E-state index contributed by atoms with van der Waals surface area (Å²) in [4.78, 5) is 10.1. The van der Waals surface area contributed by atoms with E-state index in [0.717, 1.165) is 5.56 Å². The Balaban J connectivity index is 2.26. The summed E-state index contributed by atoms with van der Waals surface area (Å²) in [6.45, 7) is 0.647. The van der Waals surface area contributed by atoms with E-state index in [1.165, 1.54) is 6.33 Å². The molecule has 0 saturated heterocycles. The molecule has 2 rings (SSSR count). The van der Waals surface area contributed by atoms with E-state index < -0.39 is 0 Å². The Morgan fingerprint density at radius 2 is 2.33 bits per heavy atom. The SMILES string of the molecule is COc1c(NN)ncnc1N(C)Cc1ccoc1. The maximum Gasteiger partial charge on any atom is 0.205 e. The molecule has 0 saturated carbocycles. The van der Waals surface area contributed by atoms with Crippen LogP contribution in [0.4, 0.5) is 11.6 Å². The van der Waals surface area contributed by atoms with Crippen molar-refractivity contribution in [2.75, 3.05) is 24.5 Å². The third kappa shape index (κ3) is 2.35. The lowest BCUT2D eigenvalue weighted by atomic mass is 10.3. The first-order chi connectivity index (χ1) is 8.76. The number of nitrogens with one attached hydrogen (secondary N) is 1. The Morgan fingerprint density at radius 1 is 1.50 bits per heavy atom. The molecule has 0 unspecified atom stereocenters. The predicted molar refractivity (Wildman–Crippen MR) is 67.2 cm³/mol. The number of ether oxygens (including phenoxy) is 1. The Hall–Kier alpha value is -2.28. The first-order valence-corrected chi connectivity index (χ1v) is 5.34. The van der Waals surface area contributed by atoms with Crippen LogP contribution in [0.2, 0.25) is 0 Å². The third-order valence-electron chi connectivity index (χ3n) is 2.49. The Morgan fingerprint density at radius 3 is 2.94 bits per heavy atom. The van der Waals surface area contributed by atoms with Crippen molar-refractivity contribution in [3.63, 3.8) is 0 Å². The quantitative estimate of drug-likeness (QED) is 0.603. The molecule has 0 aliphatic heterocycles. The highest BCUT2D eigenvalue weighted by atomic mass is 16.5. The average molecular weight is 249 g/mol. The number of rotatable bonds is 5. The number of nitrogens with two attached hydrogens (primary N) is 1. The van der Waals surface area contributed by atoms with E-state index in [2.05, 4.69) is 15.4 Å². The van der Waals surface area contributed by atoms with E-state index in [9.17, 15) is 0 Å². The van der Waals surface area contributed by atoms with E-state index in [0.29, 0.717) is 23.9 Å². The van der Waals surface area contributed by atoms with Crippen molar-refractivity contribution >= 4 is 11.6 Å². The zero-order valence-electron chi connectivity index (χ0n) is 10.3. The van der Waals surface area contributed by atoms with Gasteiger partial charge in [0.25, 0.3) is 0 Å². The number of nitrogens with zero attached hydrogens (tertiary/aromatic N) is 3. The van der Waals surface area contributed by atoms with Crippen molar-refractivity contribution in [2.45, 2.75) is 6.54 Å². The van der Waals surface area contributed by atoms with Gasteiger partial charge in [0.05, 0.1) is 19.6 Å². The monoisotopic (exact) mass is 249 g/mol. The first-order valence-electron chi connectivity index (χ1n) is 5.34. The number of hydrazine groups is 1. The van der Waals surface area contributed by atoms with Crippen LogP contribution in [-0.4, -0.2) is 24.1 Å². The van der Waals surface area contributed by atoms with E-state index in [1.807, 2.05) is 18.0 Å². The van der Waals surface area contributed by atoms with Crippen LogP contribution < -0.4 is 20.9 Å². The molecule has 2 aromatic rings. The molecule has 18 heavy (non-hydrogen) atoms. The molecule has 0 aromatic carbocycles. The van der Waals surface area contributed by atoms with Gasteiger partial charge >= 0.3 is 0 Å². The van der Waals surface area contributed by atoms with Gasteiger partial charge in [0.1, 0.15) is 6.33 Å². The summed E-state index contributed by atoms with van der Waals surface area (Å²) in [5.41, 5.74) is 3.52. The summed E-state index contributed by atoms with van der Waals surface area (Å²) in [7, 11) is 3.45. The summed E-state index contributed by atoms with van der Waals surface area (Å²) in [6.07, 6.45) is 4.75. The number of nitrogen functional groups attached to an aromatic ring is 1. The van der Waals surface area contributed by atoms with Crippen LogP contribution in [0, 0.1) is 0 Å². The van der Waals surface area contributed by atoms with Gasteiger partial charge in [-0.25, -0.2) is 15.8 Å². The lowest BCUT2D eigenvalue weighted by Crippen LogP contribution is -2.20. The Bertz CT molecular complexity index is 500. The largest absolute Gasteiger partial charge is 0.490 e. The average Bonchev–Trinajstić information content (AvgIpc) is 2.90. The minimum atomic E-state index is 0.446. The van der Waals surface area contributed by atoms with Crippen molar-refractivity contribution in [2.24, 2.45) is 5.84 Å². The molecule has 0 fully saturated rings. The molecule has 96 valence electrons. The van der Waals surface area contributed by atoms with Crippen LogP contribution in [0.5, 0.6) is 5.75 Å². The number of hydrogen-bond acceptors (Lipinski definition) is 7. The zero-order chi connectivity index (χ0) is 13.0. The lowest BCUT2D eigenvalue weighted by molar-refractivity contribution is 0.412. The highest BCUT2D eigenvalue weighted by Gasteiger charge is 2.15. The van der Waals surface area contributed by atoms with Crippen LogP contribution in [0.25, 0.3) is 0 Å². The maximum atomic E-state index is 5.38. The first kappa shape index (κ1) is 12.2. The van der Waals surface area contributed by atoms with Gasteiger partial charge < -0.3 is 19.5 Å². The third-order valence-corrected chi connectivity index (χ3v) is 2.49. The van der Waals surface area contributed by atoms with Gasteiger partial charge in [0, 0.05) is 19.2 Å². The van der Waals surface area contributed by atoms with Gasteiger partial charge in [-0.3, -0.25) is 0 Å². The maximum absolute atomic E-state index is 5.38. The highest BCUT2D eigenvalue weighted by Crippen LogP contribution is 2.31. The summed E-state index contributed by atoms with van der Waals surface area (Å²) in [5, 5.41) is 0. The number of anilines is 2. The van der Waals surface area contributed by atoms with E-state index >= 15 is 0 Å². The van der Waals surface area contributed by atoms with Crippen molar-refractivity contribution < 1.29 is 9.15 Å². The molecular formula is C11H15N5O2. The molecule has 2 heterocycles. The van der Waals surface area contributed by atoms with Crippen LogP contribution in [0.1, 0.15) is 5.56 Å². The fraction of sp³-hybridized carbons (Fsp3) is 0.273. The standard InChI is InChI=1S/C11H15N5O2/c1-16(5-8-3-4-18-6-8)11-9(17-2)10(15-12)13-7-14-11/h3-4,6-7H,5,12H2,1-2H3,(H,13,14,15). The summed E-state index contributed by atoms with van der Waals surface area (Å²) >= 11 is 0. The fourth-order valence-electron chi connectivity index (χ4n) is 1.66. The van der Waals surface area contributed by atoms with Crippen LogP contribution in [0.15, 0.2) is 29.3 Å². The van der Waals surface area contributed by atoms with Gasteiger partial charge in [-0.1, -0.05) is 0 Å². The summed E-state index contributed by atoms with van der Waals surface area (Å²) in [6, 6.07) is 1.90. The summed E-state index contributed by atoms with van der Waals surface area (Å²) in [5.74, 6) is 6.98. The molecule has 7 heteroatoms. The normalized spacial score (nSPS) is 10.2. The minimum Gasteiger partial charge on any atom is -0.490 e. The van der Waals surface area contributed by atoms with Crippen molar-refractivity contribution in [3.05, 3.63) is 30.5 Å². The number of methoxy groups -OCH3 is 1. The molecule has 2 aromatic heterocycles. The van der Waals surface area contributed by atoms with E-state index in [-0.39, 0.29) is 0 Å². The second kappa shape index (κ2) is 5.37. The van der Waals surface area contributed by atoms with Gasteiger partial charge in [-0.05, 0) is 6.07 Å². The van der Waals surface area contributed by atoms with Gasteiger partial charge in [-0.2, -0.15) is 0 Å². The molecule has 0 amide bonds. The molecule has 0 radical (unpaired) electrons. The van der Waals surface area contributed by atoms with Crippen LogP contribution in [-0.2, 0) is 6.54 Å². The molecule has 0 aliphatic carbocycles. The van der Waals surface area contributed by atoms with Crippen molar-refractivity contribution in [1.82, 2.24) is 9.97 Å². The number of hydrogen-bond donors (Lipinski definition) is 2. The highest BCUT2D eigenvalue weighted by molar-refractivity contribution is 5.64. The molecule has 0 atom stereocenters. The van der Waals surface area contributed by atoms with Gasteiger partial charge in [0.15, 0.2) is 11.6 Å². The smallest absolute Gasteiger partial charge is 0.205 e. The van der Waals surface area contributed by atoms with Crippen LogP contribution in [0.3, 0.4) is 0 Å². The molecular weight excluding hydrogens is 234 g/mol. The second-order valence-electron chi connectivity index (χ2n) is 3.71. The zero-order valence-corrected chi connectivity index (χ0v) is 10.3. The minimum absolute atomic E-state index is 0.446. The van der Waals surface area contributed by atoms with Gasteiger partial charge in [0.2, 0.25) is 5.75 Å². The second-order valence-corrected chi connectivity index (χ2v) is 3.71. The van der Waals surface area contributed by atoms with E-state index in [4.69, 9.17) is 15.0 Å². The number of aromatic nitrogens is 2. The van der Waals surface area contributed by atoms with Crippen LogP contribution >= 0.6 is 0 Å². The topological polar surface area (TPSA) is 89.4 Å². The molecule has 7 nitrogen and oxygen atoms in total. The molecule has 3 N–H and O–H groups in total. The lowest BCUT2D eigenvalue weighted by Gasteiger charge is -2.20. The Kier molecular flexibility index (Phi) is 3.63. The molecule has 0 spiro atoms. The summed E-state index contributed by atoms with van der Waals surface area (Å²) < 4.78 is 10.3.